The summed E-state index contributed by atoms with van der Waals surface area (Å²) in [5, 5.41) is 0. The summed E-state index contributed by atoms with van der Waals surface area (Å²) in [6.07, 6.45) is -4.33. The van der Waals surface area contributed by atoms with E-state index >= 15 is 0 Å². The maximum atomic E-state index is 13.5. The van der Waals surface area contributed by atoms with E-state index in [1.165, 1.54) is 13.0 Å². The van der Waals surface area contributed by atoms with E-state index in [1.807, 2.05) is 7.05 Å². The van der Waals surface area contributed by atoms with Crippen LogP contribution < -0.4 is 4.90 Å². The molecule has 1 aromatic rings. The number of fused-ring (bicyclic) bond motifs is 1. The fraction of sp³-hybridized carbons (Fsp3) is 0.500. The molecule has 0 saturated carbocycles. The van der Waals surface area contributed by atoms with Gasteiger partial charge in [0.25, 0.3) is 0 Å². The van der Waals surface area contributed by atoms with E-state index < -0.39 is 11.7 Å². The molecular formula is C16H18F3N3O. The topological polar surface area (TPSA) is 35.9 Å². The van der Waals surface area contributed by atoms with Gasteiger partial charge >= 0.3 is 6.18 Å². The smallest absolute Gasteiger partial charge is 0.368 e. The number of halogens is 3. The first-order valence-electron chi connectivity index (χ1n) is 7.52. The van der Waals surface area contributed by atoms with Crippen molar-refractivity contribution in [3.05, 3.63) is 23.3 Å². The second kappa shape index (κ2) is 5.63. The summed E-state index contributed by atoms with van der Waals surface area (Å²) in [4.78, 5) is 19.7. The first-order valence-corrected chi connectivity index (χ1v) is 7.52. The van der Waals surface area contributed by atoms with Crippen molar-refractivity contribution in [2.45, 2.75) is 19.5 Å². The van der Waals surface area contributed by atoms with Crippen molar-refractivity contribution >= 4 is 22.9 Å². The number of carbonyl (C=O) groups is 1. The van der Waals surface area contributed by atoms with Gasteiger partial charge in [-0.15, -0.1) is 0 Å². The fourth-order valence-electron chi connectivity index (χ4n) is 2.95. The third-order valence-corrected chi connectivity index (χ3v) is 4.39. The third kappa shape index (κ3) is 3.10. The van der Waals surface area contributed by atoms with E-state index in [-0.39, 0.29) is 29.3 Å². The minimum Gasteiger partial charge on any atom is -0.368 e. The summed E-state index contributed by atoms with van der Waals surface area (Å²) in [7, 11) is 1.95. The van der Waals surface area contributed by atoms with Gasteiger partial charge < -0.3 is 9.80 Å². The van der Waals surface area contributed by atoms with E-state index in [2.05, 4.69) is 9.89 Å². The minimum atomic E-state index is -4.45. The Balaban J connectivity index is 2.08. The molecule has 4 nitrogen and oxygen atoms in total. The highest BCUT2D eigenvalue weighted by Gasteiger charge is 2.37. The maximum Gasteiger partial charge on any atom is 0.418 e. The van der Waals surface area contributed by atoms with Crippen LogP contribution in [-0.4, -0.2) is 49.6 Å². The van der Waals surface area contributed by atoms with Crippen LogP contribution in [0.15, 0.2) is 17.1 Å². The van der Waals surface area contributed by atoms with Crippen LogP contribution in [0.3, 0.4) is 0 Å². The Morgan fingerprint density at radius 2 is 1.78 bits per heavy atom. The number of rotatable bonds is 1. The van der Waals surface area contributed by atoms with Crippen molar-refractivity contribution in [2.75, 3.05) is 38.1 Å². The molecular weight excluding hydrogens is 307 g/mol. The summed E-state index contributed by atoms with van der Waals surface area (Å²) >= 11 is 0. The lowest BCUT2D eigenvalue weighted by atomic mass is 9.97. The zero-order chi connectivity index (χ0) is 16.8. The normalized spacial score (nSPS) is 19.6. The number of hydrogen-bond acceptors (Lipinski definition) is 4. The van der Waals surface area contributed by atoms with Crippen molar-refractivity contribution in [3.8, 4) is 0 Å². The Labute approximate surface area is 132 Å². The SMILES string of the molecule is CC1=Nc2cc(C(F)(F)F)c(N3CCN(C)CC3)cc2CC1=O. The molecule has 0 aliphatic carbocycles. The molecule has 0 radical (unpaired) electrons. The van der Waals surface area contributed by atoms with Crippen molar-refractivity contribution < 1.29 is 18.0 Å². The molecule has 1 saturated heterocycles. The molecule has 124 valence electrons. The first kappa shape index (κ1) is 16.0. The highest BCUT2D eigenvalue weighted by atomic mass is 19.4. The number of ketones is 1. The monoisotopic (exact) mass is 325 g/mol. The quantitative estimate of drug-likeness (QED) is 0.796. The molecule has 0 amide bonds. The molecule has 3 rings (SSSR count). The average molecular weight is 325 g/mol. The van der Waals surface area contributed by atoms with Gasteiger partial charge in [-0.05, 0) is 31.7 Å². The van der Waals surface area contributed by atoms with Gasteiger partial charge in [-0.1, -0.05) is 0 Å². The second-order valence-electron chi connectivity index (χ2n) is 6.08. The molecule has 0 aromatic heterocycles. The zero-order valence-electron chi connectivity index (χ0n) is 13.1. The van der Waals surface area contributed by atoms with Crippen LogP contribution in [-0.2, 0) is 17.4 Å². The lowest BCUT2D eigenvalue weighted by molar-refractivity contribution is -0.137. The van der Waals surface area contributed by atoms with Crippen LogP contribution in [0.1, 0.15) is 18.1 Å². The second-order valence-corrected chi connectivity index (χ2v) is 6.08. The highest BCUT2D eigenvalue weighted by molar-refractivity contribution is 6.40. The molecule has 2 aliphatic heterocycles. The molecule has 0 atom stereocenters. The molecule has 0 N–H and O–H groups in total. The van der Waals surface area contributed by atoms with Gasteiger partial charge in [0.15, 0.2) is 5.78 Å². The van der Waals surface area contributed by atoms with Gasteiger partial charge in [-0.2, -0.15) is 13.2 Å². The van der Waals surface area contributed by atoms with E-state index in [1.54, 1.807) is 4.90 Å². The van der Waals surface area contributed by atoms with Gasteiger partial charge in [0.1, 0.15) is 0 Å². The molecule has 23 heavy (non-hydrogen) atoms. The largest absolute Gasteiger partial charge is 0.418 e. The van der Waals surface area contributed by atoms with Crippen LogP contribution in [0.4, 0.5) is 24.5 Å². The van der Waals surface area contributed by atoms with E-state index in [0.717, 1.165) is 6.07 Å². The number of piperazine rings is 1. The predicted octanol–water partition coefficient (Wildman–Crippen LogP) is 2.67. The van der Waals surface area contributed by atoms with E-state index in [9.17, 15) is 18.0 Å². The van der Waals surface area contributed by atoms with Crippen molar-refractivity contribution in [1.29, 1.82) is 0 Å². The number of anilines is 1. The average Bonchev–Trinajstić information content (AvgIpc) is 2.47. The van der Waals surface area contributed by atoms with E-state index in [4.69, 9.17) is 0 Å². The van der Waals surface area contributed by atoms with Crippen LogP contribution in [0.5, 0.6) is 0 Å². The number of benzene rings is 1. The number of alkyl halides is 3. The molecule has 1 fully saturated rings. The predicted molar refractivity (Wildman–Crippen MR) is 82.6 cm³/mol. The third-order valence-electron chi connectivity index (χ3n) is 4.39. The Hall–Kier alpha value is -1.89. The number of carbonyl (C=O) groups excluding carboxylic acids is 1. The Kier molecular flexibility index (Phi) is 3.91. The van der Waals surface area contributed by atoms with Gasteiger partial charge in [-0.25, -0.2) is 4.99 Å². The zero-order valence-corrected chi connectivity index (χ0v) is 13.1. The van der Waals surface area contributed by atoms with Crippen LogP contribution in [0, 0.1) is 0 Å². The summed E-state index contributed by atoms with van der Waals surface area (Å²) < 4.78 is 40.4. The molecule has 7 heteroatoms. The van der Waals surface area contributed by atoms with Gasteiger partial charge in [-0.3, -0.25) is 4.79 Å². The maximum absolute atomic E-state index is 13.5. The summed E-state index contributed by atoms with van der Waals surface area (Å²) in [6.45, 7) is 4.03. The summed E-state index contributed by atoms with van der Waals surface area (Å²) in [5.41, 5.74) is 0.575. The molecule has 0 spiro atoms. The van der Waals surface area contributed by atoms with E-state index in [0.29, 0.717) is 31.7 Å². The lowest BCUT2D eigenvalue weighted by Crippen LogP contribution is -2.45. The molecule has 0 unspecified atom stereocenters. The van der Waals surface area contributed by atoms with Gasteiger partial charge in [0, 0.05) is 38.3 Å². The summed E-state index contributed by atoms with van der Waals surface area (Å²) in [6, 6.07) is 2.58. The van der Waals surface area contributed by atoms with Gasteiger partial charge in [0.05, 0.1) is 17.0 Å². The number of likely N-dealkylation sites (N-methyl/N-ethyl adjacent to an activating group) is 1. The Morgan fingerprint density at radius 1 is 1.13 bits per heavy atom. The summed E-state index contributed by atoms with van der Waals surface area (Å²) in [5.74, 6) is -0.137. The fourth-order valence-corrected chi connectivity index (χ4v) is 2.95. The number of aliphatic imine (C=N–C) groups is 1. The van der Waals surface area contributed by atoms with Crippen LogP contribution >= 0.6 is 0 Å². The molecule has 0 bridgehead atoms. The molecule has 2 heterocycles. The Bertz CT molecular complexity index is 674. The number of Topliss-reactive ketones (excluding diaryl/α,β-unsaturated/α-hetero) is 1. The van der Waals surface area contributed by atoms with Crippen LogP contribution in [0.2, 0.25) is 0 Å². The Morgan fingerprint density at radius 3 is 2.39 bits per heavy atom. The van der Waals surface area contributed by atoms with Crippen molar-refractivity contribution in [2.24, 2.45) is 4.99 Å². The number of hydrogen-bond donors (Lipinski definition) is 0. The van der Waals surface area contributed by atoms with Crippen LogP contribution in [0.25, 0.3) is 0 Å². The molecule has 1 aromatic carbocycles. The van der Waals surface area contributed by atoms with Crippen molar-refractivity contribution in [1.82, 2.24) is 4.90 Å². The van der Waals surface area contributed by atoms with Crippen molar-refractivity contribution in [3.63, 3.8) is 0 Å². The first-order chi connectivity index (χ1) is 10.8. The number of nitrogens with zero attached hydrogens (tertiary/aromatic N) is 3. The van der Waals surface area contributed by atoms with Gasteiger partial charge in [0.2, 0.25) is 0 Å². The minimum absolute atomic E-state index is 0.115. The highest BCUT2D eigenvalue weighted by Crippen LogP contribution is 2.41. The lowest BCUT2D eigenvalue weighted by Gasteiger charge is -2.36. The standard InChI is InChI=1S/C16H18F3N3O/c1-10-15(23)8-11-7-14(22-5-3-21(2)4-6-22)12(16(17,18)19)9-13(11)20-10/h7,9H,3-6,8H2,1-2H3. The molecule has 2 aliphatic rings.